The van der Waals surface area contributed by atoms with Crippen LogP contribution in [0.1, 0.15) is 18.1 Å². The Kier molecular flexibility index (Phi) is 7.21. The molecule has 33 heavy (non-hydrogen) atoms. The molecule has 2 N–H and O–H groups in total. The molecule has 170 valence electrons. The van der Waals surface area contributed by atoms with Crippen LogP contribution in [0.3, 0.4) is 0 Å². The number of H-pyrrole nitrogens is 1. The van der Waals surface area contributed by atoms with Crippen LogP contribution in [-0.2, 0) is 13.2 Å². The molecule has 0 atom stereocenters. The lowest BCUT2D eigenvalue weighted by Crippen LogP contribution is -2.16. The van der Waals surface area contributed by atoms with Crippen molar-refractivity contribution < 1.29 is 13.9 Å². The van der Waals surface area contributed by atoms with E-state index in [1.54, 1.807) is 47.4 Å². The van der Waals surface area contributed by atoms with E-state index < -0.39 is 0 Å². The van der Waals surface area contributed by atoms with Crippen LogP contribution < -0.4 is 14.9 Å². The van der Waals surface area contributed by atoms with E-state index >= 15 is 0 Å². The summed E-state index contributed by atoms with van der Waals surface area (Å²) in [6, 6.07) is 13.6. The number of pyridine rings is 1. The molecule has 0 saturated carbocycles. The molecule has 0 fully saturated rings. The second kappa shape index (κ2) is 10.5. The van der Waals surface area contributed by atoms with Crippen LogP contribution in [0.25, 0.3) is 11.4 Å². The number of hydrogen-bond acceptors (Lipinski definition) is 6. The highest BCUT2D eigenvalue weighted by Gasteiger charge is 2.14. The third-order valence-electron chi connectivity index (χ3n) is 4.79. The molecule has 0 saturated heterocycles. The Morgan fingerprint density at radius 1 is 1.09 bits per heavy atom. The maximum atomic E-state index is 13.9. The van der Waals surface area contributed by atoms with Crippen LogP contribution in [0.15, 0.2) is 60.9 Å². The summed E-state index contributed by atoms with van der Waals surface area (Å²) in [6.45, 7) is 2.71. The largest absolute Gasteiger partial charge is 0.490 e. The van der Waals surface area contributed by atoms with Gasteiger partial charge in [-0.25, -0.2) is 14.2 Å². The maximum Gasteiger partial charge on any atom is 0.214 e. The number of nitrogens with one attached hydrogen (secondary N) is 2. The smallest absolute Gasteiger partial charge is 0.214 e. The third-order valence-corrected chi connectivity index (χ3v) is 5.42. The van der Waals surface area contributed by atoms with E-state index in [9.17, 15) is 4.39 Å². The summed E-state index contributed by atoms with van der Waals surface area (Å²) in [6.07, 6.45) is 3.37. The predicted molar refractivity (Wildman–Crippen MR) is 127 cm³/mol. The molecule has 0 amide bonds. The van der Waals surface area contributed by atoms with E-state index in [1.165, 1.54) is 6.07 Å². The van der Waals surface area contributed by atoms with Crippen molar-refractivity contribution in [1.29, 1.82) is 0 Å². The van der Waals surface area contributed by atoms with Gasteiger partial charge < -0.3 is 14.9 Å². The van der Waals surface area contributed by atoms with E-state index in [1.807, 2.05) is 19.1 Å². The lowest BCUT2D eigenvalue weighted by atomic mass is 10.2. The first-order valence-corrected chi connectivity index (χ1v) is 11.0. The van der Waals surface area contributed by atoms with Crippen LogP contribution in [0.5, 0.6) is 11.5 Å². The zero-order valence-electron chi connectivity index (χ0n) is 17.7. The van der Waals surface area contributed by atoms with Gasteiger partial charge in [0.2, 0.25) is 4.77 Å². The van der Waals surface area contributed by atoms with Crippen LogP contribution in [0.2, 0.25) is 5.02 Å². The molecule has 10 heteroatoms. The molecule has 0 bridgehead atoms. The van der Waals surface area contributed by atoms with E-state index in [2.05, 4.69) is 20.6 Å². The number of hydrogen-bond donors (Lipinski definition) is 2. The molecule has 0 unspecified atom stereocenters. The SMILES string of the molecule is CCOc1cc(CNn2c(-c3ccncc3)n[nH]c2=S)c(Cl)cc1OCc1ccccc1F. The molecule has 4 aromatic rings. The lowest BCUT2D eigenvalue weighted by molar-refractivity contribution is 0.265. The zero-order chi connectivity index (χ0) is 23.2. The highest BCUT2D eigenvalue weighted by molar-refractivity contribution is 7.71. The van der Waals surface area contributed by atoms with Gasteiger partial charge in [0.1, 0.15) is 12.4 Å². The summed E-state index contributed by atoms with van der Waals surface area (Å²) in [4.78, 5) is 4.03. The zero-order valence-corrected chi connectivity index (χ0v) is 19.3. The van der Waals surface area contributed by atoms with Gasteiger partial charge in [0.05, 0.1) is 13.2 Å². The average molecular weight is 486 g/mol. The van der Waals surface area contributed by atoms with Crippen molar-refractivity contribution in [2.24, 2.45) is 0 Å². The Balaban J connectivity index is 1.55. The number of benzene rings is 2. The summed E-state index contributed by atoms with van der Waals surface area (Å²) in [7, 11) is 0. The lowest BCUT2D eigenvalue weighted by Gasteiger charge is -2.16. The standard InChI is InChI=1S/C23H21ClFN5O2S/c1-2-31-20-11-17(18(24)12-21(20)32-14-16-5-3-4-6-19(16)25)13-27-30-22(28-29-23(30)33)15-7-9-26-10-8-15/h3-12,27H,2,13-14H2,1H3,(H,29,33). The van der Waals surface area contributed by atoms with Crippen molar-refractivity contribution in [1.82, 2.24) is 19.9 Å². The monoisotopic (exact) mass is 485 g/mol. The van der Waals surface area contributed by atoms with Crippen LogP contribution in [-0.4, -0.2) is 26.5 Å². The van der Waals surface area contributed by atoms with E-state index in [0.717, 1.165) is 11.1 Å². The number of aromatic nitrogens is 4. The molecule has 0 radical (unpaired) electrons. The molecule has 2 aromatic carbocycles. The molecule has 7 nitrogen and oxygen atoms in total. The number of rotatable bonds is 9. The predicted octanol–water partition coefficient (Wildman–Crippen LogP) is 5.52. The first-order chi connectivity index (χ1) is 16.1. The first kappa shape index (κ1) is 22.8. The van der Waals surface area contributed by atoms with Crippen LogP contribution in [0, 0.1) is 10.6 Å². The van der Waals surface area contributed by atoms with Crippen molar-refractivity contribution in [3.63, 3.8) is 0 Å². The normalized spacial score (nSPS) is 10.8. The Labute approximate surface area is 200 Å². The van der Waals surface area contributed by atoms with Crippen molar-refractivity contribution in [3.8, 4) is 22.9 Å². The highest BCUT2D eigenvalue weighted by atomic mass is 35.5. The Bertz CT molecular complexity index is 1300. The molecule has 4 rings (SSSR count). The summed E-state index contributed by atoms with van der Waals surface area (Å²) < 4.78 is 27.6. The van der Waals surface area contributed by atoms with Gasteiger partial charge in [-0.2, -0.15) is 5.10 Å². The van der Waals surface area contributed by atoms with Crippen molar-refractivity contribution in [2.45, 2.75) is 20.1 Å². The van der Waals surface area contributed by atoms with Gasteiger partial charge in [-0.3, -0.25) is 4.98 Å². The fraction of sp³-hybridized carbons (Fsp3) is 0.174. The Hall–Kier alpha value is -3.43. The van der Waals surface area contributed by atoms with Gasteiger partial charge in [-0.1, -0.05) is 29.8 Å². The summed E-state index contributed by atoms with van der Waals surface area (Å²) in [5.41, 5.74) is 5.30. The highest BCUT2D eigenvalue weighted by Crippen LogP contribution is 2.34. The van der Waals surface area contributed by atoms with Crippen molar-refractivity contribution in [2.75, 3.05) is 12.0 Å². The van der Waals surface area contributed by atoms with Crippen molar-refractivity contribution >= 4 is 23.8 Å². The molecule has 0 aliphatic heterocycles. The molecular formula is C23H21ClFN5O2S. The maximum absolute atomic E-state index is 13.9. The number of ether oxygens (including phenoxy) is 2. The summed E-state index contributed by atoms with van der Waals surface area (Å²) in [5, 5.41) is 7.55. The number of nitrogens with zero attached hydrogens (tertiary/aromatic N) is 3. The van der Waals surface area contributed by atoms with Crippen LogP contribution >= 0.6 is 23.8 Å². The molecular weight excluding hydrogens is 465 g/mol. The van der Waals surface area contributed by atoms with Gasteiger partial charge in [0.25, 0.3) is 0 Å². The molecule has 0 spiro atoms. The van der Waals surface area contributed by atoms with Gasteiger partial charge in [-0.05, 0) is 49.0 Å². The minimum absolute atomic E-state index is 0.0557. The van der Waals surface area contributed by atoms with Gasteiger partial charge in [0, 0.05) is 34.6 Å². The van der Waals surface area contributed by atoms with Crippen molar-refractivity contribution in [3.05, 3.63) is 87.7 Å². The minimum Gasteiger partial charge on any atom is -0.490 e. The molecule has 0 aliphatic rings. The van der Waals surface area contributed by atoms with E-state index in [0.29, 0.717) is 45.8 Å². The molecule has 2 aromatic heterocycles. The Morgan fingerprint density at radius 2 is 1.85 bits per heavy atom. The van der Waals surface area contributed by atoms with Gasteiger partial charge in [-0.15, -0.1) is 0 Å². The number of halogens is 2. The van der Waals surface area contributed by atoms with Crippen LogP contribution in [0.4, 0.5) is 4.39 Å². The minimum atomic E-state index is -0.329. The quantitative estimate of drug-likeness (QED) is 0.304. The third kappa shape index (κ3) is 5.32. The average Bonchev–Trinajstić information content (AvgIpc) is 3.20. The second-order valence-electron chi connectivity index (χ2n) is 6.96. The number of aromatic amines is 1. The summed E-state index contributed by atoms with van der Waals surface area (Å²) >= 11 is 11.9. The fourth-order valence-corrected chi connectivity index (χ4v) is 3.58. The van der Waals surface area contributed by atoms with Gasteiger partial charge in [0.15, 0.2) is 17.3 Å². The van der Waals surface area contributed by atoms with Gasteiger partial charge >= 0.3 is 0 Å². The summed E-state index contributed by atoms with van der Waals surface area (Å²) in [5.74, 6) is 1.24. The first-order valence-electron chi connectivity index (χ1n) is 10.2. The second-order valence-corrected chi connectivity index (χ2v) is 7.76. The fourth-order valence-electron chi connectivity index (χ4n) is 3.17. The van der Waals surface area contributed by atoms with E-state index in [-0.39, 0.29) is 12.4 Å². The Morgan fingerprint density at radius 3 is 2.61 bits per heavy atom. The molecule has 2 heterocycles. The topological polar surface area (TPSA) is 77.0 Å². The van der Waals surface area contributed by atoms with E-state index in [4.69, 9.17) is 33.3 Å². The molecule has 0 aliphatic carbocycles.